The van der Waals surface area contributed by atoms with Crippen molar-refractivity contribution in [2.24, 2.45) is 11.1 Å². The zero-order chi connectivity index (χ0) is 12.5. The second kappa shape index (κ2) is 4.84. The van der Waals surface area contributed by atoms with Crippen LogP contribution in [0.3, 0.4) is 0 Å². The van der Waals surface area contributed by atoms with Gasteiger partial charge < -0.3 is 10.6 Å². The summed E-state index contributed by atoms with van der Waals surface area (Å²) in [6.07, 6.45) is 3.69. The first-order chi connectivity index (χ1) is 7.95. The lowest BCUT2D eigenvalue weighted by atomic mass is 9.88. The molecule has 0 aromatic carbocycles. The molecule has 3 N–H and O–H groups in total. The zero-order valence-corrected chi connectivity index (χ0v) is 11.6. The Labute approximate surface area is 105 Å². The highest BCUT2D eigenvalue weighted by Gasteiger charge is 2.43. The van der Waals surface area contributed by atoms with Gasteiger partial charge in [-0.05, 0) is 31.7 Å². The molecule has 0 radical (unpaired) electrons. The van der Waals surface area contributed by atoms with Gasteiger partial charge >= 0.3 is 0 Å². The number of hydrogen-bond donors (Lipinski definition) is 2. The van der Waals surface area contributed by atoms with Crippen molar-refractivity contribution in [1.29, 1.82) is 0 Å². The maximum absolute atomic E-state index is 6.03. The van der Waals surface area contributed by atoms with Gasteiger partial charge in [0, 0.05) is 38.3 Å². The third-order valence-corrected chi connectivity index (χ3v) is 4.39. The molecule has 4 nitrogen and oxygen atoms in total. The number of nitrogens with one attached hydrogen (secondary N) is 1. The van der Waals surface area contributed by atoms with E-state index in [2.05, 4.69) is 36.2 Å². The molecule has 4 heteroatoms. The van der Waals surface area contributed by atoms with Crippen LogP contribution in [0.5, 0.6) is 0 Å². The minimum absolute atomic E-state index is 0.152. The Bertz CT molecular complexity index is 258. The number of hydrazine groups is 1. The van der Waals surface area contributed by atoms with Crippen LogP contribution in [-0.4, -0.2) is 55.2 Å². The molecule has 0 aromatic heterocycles. The summed E-state index contributed by atoms with van der Waals surface area (Å²) in [7, 11) is 2.19. The van der Waals surface area contributed by atoms with Crippen LogP contribution >= 0.6 is 0 Å². The van der Waals surface area contributed by atoms with Crippen LogP contribution in [0.4, 0.5) is 0 Å². The van der Waals surface area contributed by atoms with Crippen molar-refractivity contribution in [1.82, 2.24) is 15.3 Å². The summed E-state index contributed by atoms with van der Waals surface area (Å²) in [5.74, 6) is 0. The van der Waals surface area contributed by atoms with Gasteiger partial charge in [0.15, 0.2) is 0 Å². The SMILES string of the molecule is CN1CCN(NC2(CN)CCC(C)(C)C2)CC1. The summed E-state index contributed by atoms with van der Waals surface area (Å²) in [6.45, 7) is 9.99. The first kappa shape index (κ1) is 13.3. The molecule has 1 atom stereocenters. The highest BCUT2D eigenvalue weighted by Crippen LogP contribution is 2.43. The van der Waals surface area contributed by atoms with Crippen molar-refractivity contribution in [3.63, 3.8) is 0 Å². The molecule has 1 heterocycles. The summed E-state index contributed by atoms with van der Waals surface area (Å²) >= 11 is 0. The van der Waals surface area contributed by atoms with E-state index in [1.54, 1.807) is 0 Å². The van der Waals surface area contributed by atoms with E-state index in [0.29, 0.717) is 5.41 Å². The zero-order valence-electron chi connectivity index (χ0n) is 11.6. The normalized spacial score (nSPS) is 35.3. The number of hydrogen-bond acceptors (Lipinski definition) is 4. The van der Waals surface area contributed by atoms with Crippen LogP contribution in [0.2, 0.25) is 0 Å². The highest BCUT2D eigenvalue weighted by molar-refractivity contribution is 5.00. The molecular weight excluding hydrogens is 212 g/mol. The molecule has 1 saturated carbocycles. The van der Waals surface area contributed by atoms with E-state index in [9.17, 15) is 0 Å². The smallest absolute Gasteiger partial charge is 0.0453 e. The van der Waals surface area contributed by atoms with E-state index in [-0.39, 0.29) is 5.54 Å². The average molecular weight is 240 g/mol. The Morgan fingerprint density at radius 1 is 1.12 bits per heavy atom. The number of rotatable bonds is 3. The number of piperazine rings is 1. The van der Waals surface area contributed by atoms with E-state index >= 15 is 0 Å². The summed E-state index contributed by atoms with van der Waals surface area (Å²) in [5.41, 5.74) is 10.4. The van der Waals surface area contributed by atoms with Gasteiger partial charge in [-0.1, -0.05) is 13.8 Å². The van der Waals surface area contributed by atoms with Crippen LogP contribution in [0, 0.1) is 5.41 Å². The van der Waals surface area contributed by atoms with Gasteiger partial charge in [0.25, 0.3) is 0 Å². The van der Waals surface area contributed by atoms with E-state index in [1.807, 2.05) is 0 Å². The molecule has 0 aromatic rings. The van der Waals surface area contributed by atoms with Crippen LogP contribution in [-0.2, 0) is 0 Å². The molecule has 100 valence electrons. The molecule has 2 aliphatic rings. The van der Waals surface area contributed by atoms with E-state index in [1.165, 1.54) is 19.3 Å². The van der Waals surface area contributed by atoms with E-state index < -0.39 is 0 Å². The number of nitrogens with two attached hydrogens (primary N) is 1. The molecule has 1 unspecified atom stereocenters. The minimum Gasteiger partial charge on any atom is -0.329 e. The second-order valence-electron chi connectivity index (χ2n) is 6.73. The fraction of sp³-hybridized carbons (Fsp3) is 1.00. The van der Waals surface area contributed by atoms with Gasteiger partial charge in [-0.25, -0.2) is 10.4 Å². The van der Waals surface area contributed by atoms with E-state index in [4.69, 9.17) is 5.73 Å². The predicted octanol–water partition coefficient (Wildman–Crippen LogP) is 0.646. The molecule has 0 amide bonds. The van der Waals surface area contributed by atoms with Crippen LogP contribution in [0.1, 0.15) is 33.1 Å². The maximum Gasteiger partial charge on any atom is 0.0453 e. The average Bonchev–Trinajstić information content (AvgIpc) is 2.59. The van der Waals surface area contributed by atoms with Gasteiger partial charge in [-0.3, -0.25) is 0 Å². The Kier molecular flexibility index (Phi) is 3.78. The standard InChI is InChI=1S/C13H28N4/c1-12(2)4-5-13(10-12,11-14)15-17-8-6-16(3)7-9-17/h15H,4-11,14H2,1-3H3. The van der Waals surface area contributed by atoms with Crippen LogP contribution in [0.15, 0.2) is 0 Å². The topological polar surface area (TPSA) is 44.5 Å². The Morgan fingerprint density at radius 2 is 1.76 bits per heavy atom. The fourth-order valence-corrected chi connectivity index (χ4v) is 3.24. The first-order valence-corrected chi connectivity index (χ1v) is 6.86. The first-order valence-electron chi connectivity index (χ1n) is 6.86. The third kappa shape index (κ3) is 3.19. The molecule has 0 bridgehead atoms. The monoisotopic (exact) mass is 240 g/mol. The van der Waals surface area contributed by atoms with Crippen LogP contribution in [0.25, 0.3) is 0 Å². The molecule has 1 aliphatic heterocycles. The Hall–Kier alpha value is -0.160. The molecule has 2 fully saturated rings. The van der Waals surface area contributed by atoms with Crippen molar-refractivity contribution < 1.29 is 0 Å². The lowest BCUT2D eigenvalue weighted by Crippen LogP contribution is -2.61. The van der Waals surface area contributed by atoms with Gasteiger partial charge in [0.2, 0.25) is 0 Å². The Morgan fingerprint density at radius 3 is 2.24 bits per heavy atom. The number of likely N-dealkylation sites (N-methyl/N-ethyl adjacent to an activating group) is 1. The van der Waals surface area contributed by atoms with E-state index in [0.717, 1.165) is 32.7 Å². The maximum atomic E-state index is 6.03. The third-order valence-electron chi connectivity index (χ3n) is 4.39. The molecular formula is C13H28N4. The summed E-state index contributed by atoms with van der Waals surface area (Å²) < 4.78 is 0. The summed E-state index contributed by atoms with van der Waals surface area (Å²) in [4.78, 5) is 2.38. The van der Waals surface area contributed by atoms with Gasteiger partial charge in [0.1, 0.15) is 0 Å². The van der Waals surface area contributed by atoms with Crippen molar-refractivity contribution in [3.05, 3.63) is 0 Å². The summed E-state index contributed by atoms with van der Waals surface area (Å²) in [5, 5.41) is 2.38. The molecule has 1 aliphatic carbocycles. The van der Waals surface area contributed by atoms with Crippen molar-refractivity contribution in [3.8, 4) is 0 Å². The lowest BCUT2D eigenvalue weighted by Gasteiger charge is -2.40. The fourth-order valence-electron chi connectivity index (χ4n) is 3.24. The summed E-state index contributed by atoms with van der Waals surface area (Å²) in [6, 6.07) is 0. The second-order valence-corrected chi connectivity index (χ2v) is 6.73. The number of nitrogens with zero attached hydrogens (tertiary/aromatic N) is 2. The molecule has 0 spiro atoms. The molecule has 1 saturated heterocycles. The van der Waals surface area contributed by atoms with Gasteiger partial charge in [-0.15, -0.1) is 0 Å². The van der Waals surface area contributed by atoms with Crippen LogP contribution < -0.4 is 11.2 Å². The Balaban J connectivity index is 1.92. The molecule has 2 rings (SSSR count). The largest absolute Gasteiger partial charge is 0.329 e. The van der Waals surface area contributed by atoms with Crippen molar-refractivity contribution in [2.45, 2.75) is 38.6 Å². The van der Waals surface area contributed by atoms with Gasteiger partial charge in [0.05, 0.1) is 0 Å². The van der Waals surface area contributed by atoms with Crippen molar-refractivity contribution in [2.75, 3.05) is 39.8 Å². The minimum atomic E-state index is 0.152. The molecule has 17 heavy (non-hydrogen) atoms. The van der Waals surface area contributed by atoms with Gasteiger partial charge in [-0.2, -0.15) is 0 Å². The lowest BCUT2D eigenvalue weighted by molar-refractivity contribution is 0.0530. The quantitative estimate of drug-likeness (QED) is 0.760. The van der Waals surface area contributed by atoms with Crippen molar-refractivity contribution >= 4 is 0 Å². The predicted molar refractivity (Wildman–Crippen MR) is 71.6 cm³/mol. The highest BCUT2D eigenvalue weighted by atomic mass is 15.5.